The van der Waals surface area contributed by atoms with Crippen LogP contribution in [0.4, 0.5) is 20.3 Å². The molecule has 1 fully saturated rings. The molecule has 0 saturated carbocycles. The number of fused-ring (bicyclic) bond motifs is 3. The minimum Gasteiger partial charge on any atom is -0.421 e. The summed E-state index contributed by atoms with van der Waals surface area (Å²) in [6.07, 6.45) is 4.70. The van der Waals surface area contributed by atoms with Crippen LogP contribution in [-0.4, -0.2) is 56.2 Å². The number of rotatable bonds is 5. The maximum absolute atomic E-state index is 15.1. The van der Waals surface area contributed by atoms with Gasteiger partial charge >= 0.3 is 6.01 Å². The van der Waals surface area contributed by atoms with Gasteiger partial charge in [0.2, 0.25) is 0 Å². The number of aromatic nitrogens is 5. The first-order valence-corrected chi connectivity index (χ1v) is 11.4. The fraction of sp³-hybridized carbons (Fsp3) is 0.391. The molecule has 1 aliphatic rings. The van der Waals surface area contributed by atoms with E-state index in [1.807, 2.05) is 4.90 Å². The third-order valence-electron chi connectivity index (χ3n) is 6.09. The zero-order valence-electron chi connectivity index (χ0n) is 19.3. The molecule has 3 aromatic heterocycles. The van der Waals surface area contributed by atoms with Gasteiger partial charge < -0.3 is 30.8 Å². The molecule has 10 nitrogen and oxygen atoms in total. The monoisotopic (exact) mass is 484 g/mol. The van der Waals surface area contributed by atoms with Gasteiger partial charge in [0.1, 0.15) is 17.6 Å². The molecule has 2 atom stereocenters. The van der Waals surface area contributed by atoms with E-state index in [0.29, 0.717) is 41.1 Å². The minimum atomic E-state index is -0.981. The predicted octanol–water partition coefficient (Wildman–Crippen LogP) is 3.38. The fourth-order valence-electron chi connectivity index (χ4n) is 4.40. The molecule has 5 rings (SSSR count). The second kappa shape index (κ2) is 9.19. The van der Waals surface area contributed by atoms with Gasteiger partial charge in [-0.1, -0.05) is 6.42 Å². The molecule has 12 heteroatoms. The maximum atomic E-state index is 15.1. The van der Waals surface area contributed by atoms with Crippen molar-refractivity contribution in [1.82, 2.24) is 24.9 Å². The second-order valence-electron chi connectivity index (χ2n) is 8.66. The maximum Gasteiger partial charge on any atom is 0.326 e. The highest BCUT2D eigenvalue weighted by Crippen LogP contribution is 2.39. The Bertz CT molecular complexity index is 1380. The number of ether oxygens (including phenoxy) is 1. The van der Waals surface area contributed by atoms with Crippen LogP contribution in [0.15, 0.2) is 18.5 Å². The van der Waals surface area contributed by atoms with Crippen molar-refractivity contribution in [3.05, 3.63) is 35.9 Å². The Balaban J connectivity index is 1.70. The van der Waals surface area contributed by atoms with Crippen LogP contribution in [0.2, 0.25) is 0 Å². The van der Waals surface area contributed by atoms with Crippen LogP contribution < -0.4 is 20.7 Å². The van der Waals surface area contributed by atoms with Crippen molar-refractivity contribution in [2.24, 2.45) is 5.73 Å². The molecular weight excluding hydrogens is 458 g/mol. The number of halogens is 2. The quantitative estimate of drug-likeness (QED) is 0.336. The van der Waals surface area contributed by atoms with E-state index in [-0.39, 0.29) is 29.0 Å². The summed E-state index contributed by atoms with van der Waals surface area (Å²) in [5.74, 6) is -1.04. The second-order valence-corrected chi connectivity index (χ2v) is 8.66. The lowest BCUT2D eigenvalue weighted by Gasteiger charge is -2.24. The molecule has 4 heterocycles. The Morgan fingerprint density at radius 3 is 2.71 bits per heavy atom. The molecule has 35 heavy (non-hydrogen) atoms. The van der Waals surface area contributed by atoms with E-state index < -0.39 is 17.7 Å². The van der Waals surface area contributed by atoms with Crippen molar-refractivity contribution >= 4 is 33.4 Å². The highest BCUT2D eigenvalue weighted by molar-refractivity contribution is 6.15. The van der Waals surface area contributed by atoms with Crippen LogP contribution in [-0.2, 0) is 0 Å². The van der Waals surface area contributed by atoms with Crippen molar-refractivity contribution in [1.29, 1.82) is 0 Å². The van der Waals surface area contributed by atoms with Gasteiger partial charge in [0.15, 0.2) is 23.2 Å². The lowest BCUT2D eigenvalue weighted by molar-refractivity contribution is 0.188. The van der Waals surface area contributed by atoms with Gasteiger partial charge in [-0.25, -0.2) is 18.7 Å². The average Bonchev–Trinajstić information content (AvgIpc) is 3.09. The summed E-state index contributed by atoms with van der Waals surface area (Å²) < 4.78 is 35.5. The summed E-state index contributed by atoms with van der Waals surface area (Å²) in [5, 5.41) is 12.9. The van der Waals surface area contributed by atoms with Gasteiger partial charge in [0, 0.05) is 32.2 Å². The number of hydrogen-bond acceptors (Lipinski definition) is 9. The van der Waals surface area contributed by atoms with Crippen molar-refractivity contribution in [3.63, 3.8) is 0 Å². The summed E-state index contributed by atoms with van der Waals surface area (Å²) in [6.45, 7) is 2.70. The summed E-state index contributed by atoms with van der Waals surface area (Å²) in [4.78, 5) is 22.3. The first-order chi connectivity index (χ1) is 16.9. The van der Waals surface area contributed by atoms with Gasteiger partial charge in [0.25, 0.3) is 0 Å². The summed E-state index contributed by atoms with van der Waals surface area (Å²) in [5.41, 5.74) is 7.34. The number of aromatic amines is 1. The molecule has 0 spiro atoms. The predicted molar refractivity (Wildman–Crippen MR) is 128 cm³/mol. The summed E-state index contributed by atoms with van der Waals surface area (Å²) in [6, 6.07) is 0.991. The highest BCUT2D eigenvalue weighted by atomic mass is 19.2. The van der Waals surface area contributed by atoms with Crippen LogP contribution in [0.3, 0.4) is 0 Å². The number of aliphatic hydroxyl groups is 1. The van der Waals surface area contributed by atoms with Crippen LogP contribution in [0.5, 0.6) is 11.8 Å². The largest absolute Gasteiger partial charge is 0.421 e. The third kappa shape index (κ3) is 4.30. The number of nitrogens with two attached hydrogens (primary N) is 1. The van der Waals surface area contributed by atoms with E-state index in [4.69, 9.17) is 10.5 Å². The standard InChI is InChI=1S/C23H26F2N8O2/c1-11(34)20-28-8-13(9-29-20)35-23-31-21-17(22(32-23)33-6-4-3-5-12(26)10-33)16-18(25)14(24)7-15(27-2)19(16)30-21/h7-9,11-12,27,34H,3-6,10,26H2,1-2H3,(H,30,31,32). The number of H-pyrrole nitrogens is 1. The first kappa shape index (κ1) is 23.1. The number of nitrogens with one attached hydrogen (secondary N) is 2. The number of benzene rings is 1. The molecule has 0 aliphatic carbocycles. The van der Waals surface area contributed by atoms with Gasteiger partial charge in [-0.3, -0.25) is 0 Å². The Kier molecular flexibility index (Phi) is 6.07. The van der Waals surface area contributed by atoms with E-state index in [2.05, 4.69) is 30.2 Å². The lowest BCUT2D eigenvalue weighted by Crippen LogP contribution is -2.36. The van der Waals surface area contributed by atoms with E-state index >= 15 is 4.39 Å². The average molecular weight is 485 g/mol. The zero-order chi connectivity index (χ0) is 24.7. The molecule has 5 N–H and O–H groups in total. The molecule has 4 aromatic rings. The zero-order valence-corrected chi connectivity index (χ0v) is 19.3. The van der Waals surface area contributed by atoms with Crippen molar-refractivity contribution in [2.75, 3.05) is 30.4 Å². The Labute approximate surface area is 199 Å². The minimum absolute atomic E-state index is 0.0165. The van der Waals surface area contributed by atoms with E-state index in [1.54, 1.807) is 14.0 Å². The molecule has 2 unspecified atom stereocenters. The number of nitrogens with zero attached hydrogens (tertiary/aromatic N) is 5. The normalized spacial score (nSPS) is 17.5. The van der Waals surface area contributed by atoms with Gasteiger partial charge in [-0.15, -0.1) is 0 Å². The van der Waals surface area contributed by atoms with E-state index in [1.165, 1.54) is 12.4 Å². The summed E-state index contributed by atoms with van der Waals surface area (Å²) >= 11 is 0. The molecule has 0 bridgehead atoms. The molecule has 0 amide bonds. The number of anilines is 2. The smallest absolute Gasteiger partial charge is 0.326 e. The SMILES string of the molecule is CNc1cc(F)c(F)c2c1[nH]c1nc(Oc3cnc(C(C)O)nc3)nc(N3CCCCC(N)C3)c12. The van der Waals surface area contributed by atoms with Gasteiger partial charge in [0.05, 0.1) is 34.4 Å². The van der Waals surface area contributed by atoms with Crippen molar-refractivity contribution in [3.8, 4) is 11.8 Å². The molecular formula is C23H26F2N8O2. The molecule has 0 radical (unpaired) electrons. The molecule has 1 aliphatic heterocycles. The summed E-state index contributed by atoms with van der Waals surface area (Å²) in [7, 11) is 1.63. The Morgan fingerprint density at radius 1 is 1.23 bits per heavy atom. The molecule has 184 valence electrons. The Morgan fingerprint density at radius 2 is 2.00 bits per heavy atom. The topological polar surface area (TPSA) is 138 Å². The van der Waals surface area contributed by atoms with E-state index in [9.17, 15) is 9.50 Å². The van der Waals surface area contributed by atoms with Gasteiger partial charge in [-0.2, -0.15) is 9.97 Å². The lowest BCUT2D eigenvalue weighted by atomic mass is 10.1. The van der Waals surface area contributed by atoms with Crippen LogP contribution in [0.25, 0.3) is 21.9 Å². The van der Waals surface area contributed by atoms with Crippen molar-refractivity contribution < 1.29 is 18.6 Å². The van der Waals surface area contributed by atoms with Crippen LogP contribution in [0, 0.1) is 11.6 Å². The Hall–Kier alpha value is -3.64. The fourth-order valence-corrected chi connectivity index (χ4v) is 4.40. The van der Waals surface area contributed by atoms with Crippen LogP contribution >= 0.6 is 0 Å². The number of aliphatic hydroxyl groups excluding tert-OH is 1. The third-order valence-corrected chi connectivity index (χ3v) is 6.09. The number of hydrogen-bond donors (Lipinski definition) is 4. The van der Waals surface area contributed by atoms with Crippen LogP contribution in [0.1, 0.15) is 38.1 Å². The van der Waals surface area contributed by atoms with Gasteiger partial charge in [-0.05, 0) is 19.8 Å². The molecule has 1 aromatic carbocycles. The first-order valence-electron chi connectivity index (χ1n) is 11.4. The van der Waals surface area contributed by atoms with Crippen molar-refractivity contribution in [2.45, 2.75) is 38.3 Å². The molecule has 1 saturated heterocycles. The highest BCUT2D eigenvalue weighted by Gasteiger charge is 2.26. The van der Waals surface area contributed by atoms with E-state index in [0.717, 1.165) is 25.3 Å².